The molecule has 1 atom stereocenters. The van der Waals surface area contributed by atoms with E-state index in [9.17, 15) is 9.59 Å². The molecule has 0 saturated heterocycles. The van der Waals surface area contributed by atoms with Crippen LogP contribution < -0.4 is 15.4 Å². The fraction of sp³-hybridized carbons (Fsp3) is 0.364. The minimum Gasteiger partial charge on any atom is -0.480 e. The van der Waals surface area contributed by atoms with E-state index in [0.717, 1.165) is 11.1 Å². The van der Waals surface area contributed by atoms with Crippen molar-refractivity contribution in [2.24, 2.45) is 0 Å². The van der Waals surface area contributed by atoms with Gasteiger partial charge in [-0.3, -0.25) is 9.59 Å². The van der Waals surface area contributed by atoms with Gasteiger partial charge < -0.3 is 15.4 Å². The fourth-order valence-corrected chi connectivity index (χ4v) is 2.67. The molecule has 2 rings (SSSR count). The predicted octanol–water partition coefficient (Wildman–Crippen LogP) is 4.24. The number of amides is 2. The van der Waals surface area contributed by atoms with Crippen LogP contribution in [0.2, 0.25) is 0 Å². The van der Waals surface area contributed by atoms with Crippen LogP contribution in [0.1, 0.15) is 48.7 Å². The number of rotatable bonds is 7. The summed E-state index contributed by atoms with van der Waals surface area (Å²) in [7, 11) is 0. The summed E-state index contributed by atoms with van der Waals surface area (Å²) >= 11 is 0. The number of nitrogens with one attached hydrogen (secondary N) is 2. The topological polar surface area (TPSA) is 67.4 Å². The molecule has 0 bridgehead atoms. The summed E-state index contributed by atoms with van der Waals surface area (Å²) in [5.41, 5.74) is 3.03. The molecule has 2 aromatic rings. The standard InChI is InChI=1S/C22H28N2O3/c1-6-19(27-20-13-9-10-15(4)16(20)5)22(26)24-18-12-8-7-11-17(18)21(25)23-14(2)3/h7-14,19H,6H2,1-5H3,(H,23,25)(H,24,26)/t19-/m1/s1. The number of carbonyl (C=O) groups excluding carboxylic acids is 2. The molecule has 0 aliphatic heterocycles. The maximum atomic E-state index is 12.8. The normalized spacial score (nSPS) is 11.8. The molecule has 0 aliphatic rings. The molecule has 0 aliphatic carbocycles. The van der Waals surface area contributed by atoms with Crippen LogP contribution in [0, 0.1) is 13.8 Å². The Labute approximate surface area is 161 Å². The van der Waals surface area contributed by atoms with Gasteiger partial charge in [-0.25, -0.2) is 0 Å². The van der Waals surface area contributed by atoms with Gasteiger partial charge in [0.1, 0.15) is 5.75 Å². The van der Waals surface area contributed by atoms with Gasteiger partial charge in [-0.1, -0.05) is 31.2 Å². The van der Waals surface area contributed by atoms with Gasteiger partial charge in [0, 0.05) is 6.04 Å². The highest BCUT2D eigenvalue weighted by atomic mass is 16.5. The van der Waals surface area contributed by atoms with E-state index in [0.29, 0.717) is 23.4 Å². The molecule has 0 radical (unpaired) electrons. The van der Waals surface area contributed by atoms with Crippen LogP contribution in [0.4, 0.5) is 5.69 Å². The third-order valence-corrected chi connectivity index (χ3v) is 4.34. The number of anilines is 1. The Kier molecular flexibility index (Phi) is 6.99. The zero-order valence-corrected chi connectivity index (χ0v) is 16.6. The van der Waals surface area contributed by atoms with E-state index in [-0.39, 0.29) is 17.9 Å². The van der Waals surface area contributed by atoms with Crippen molar-refractivity contribution in [2.45, 2.75) is 53.2 Å². The molecule has 0 aromatic heterocycles. The van der Waals surface area contributed by atoms with Crippen LogP contribution in [-0.2, 0) is 4.79 Å². The van der Waals surface area contributed by atoms with Crippen LogP contribution in [0.5, 0.6) is 5.75 Å². The number of hydrogen-bond donors (Lipinski definition) is 2. The number of hydrogen-bond acceptors (Lipinski definition) is 3. The first-order chi connectivity index (χ1) is 12.8. The van der Waals surface area contributed by atoms with Crippen molar-refractivity contribution in [3.05, 3.63) is 59.2 Å². The smallest absolute Gasteiger partial charge is 0.265 e. The van der Waals surface area contributed by atoms with Gasteiger partial charge >= 0.3 is 0 Å². The van der Waals surface area contributed by atoms with Gasteiger partial charge in [-0.05, 0) is 63.4 Å². The average molecular weight is 368 g/mol. The van der Waals surface area contributed by atoms with Gasteiger partial charge in [0.05, 0.1) is 11.3 Å². The molecular weight excluding hydrogens is 340 g/mol. The van der Waals surface area contributed by atoms with Crippen molar-refractivity contribution in [3.8, 4) is 5.75 Å². The van der Waals surface area contributed by atoms with E-state index in [4.69, 9.17) is 4.74 Å². The Morgan fingerprint density at radius 1 is 1.04 bits per heavy atom. The largest absolute Gasteiger partial charge is 0.480 e. The first-order valence-corrected chi connectivity index (χ1v) is 9.27. The van der Waals surface area contributed by atoms with E-state index in [1.807, 2.05) is 52.8 Å². The van der Waals surface area contributed by atoms with Crippen molar-refractivity contribution in [3.63, 3.8) is 0 Å². The average Bonchev–Trinajstić information content (AvgIpc) is 2.62. The molecule has 0 fully saturated rings. The molecule has 0 saturated carbocycles. The first kappa shape index (κ1) is 20.5. The molecule has 2 aromatic carbocycles. The summed E-state index contributed by atoms with van der Waals surface area (Å²) < 4.78 is 5.96. The lowest BCUT2D eigenvalue weighted by molar-refractivity contribution is -0.122. The molecule has 5 nitrogen and oxygen atoms in total. The zero-order chi connectivity index (χ0) is 20.0. The third-order valence-electron chi connectivity index (χ3n) is 4.34. The zero-order valence-electron chi connectivity index (χ0n) is 16.6. The molecule has 0 unspecified atom stereocenters. The van der Waals surface area contributed by atoms with Gasteiger partial charge in [-0.2, -0.15) is 0 Å². The maximum absolute atomic E-state index is 12.8. The van der Waals surface area contributed by atoms with Crippen molar-refractivity contribution in [1.29, 1.82) is 0 Å². The Bertz CT molecular complexity index is 815. The fourth-order valence-electron chi connectivity index (χ4n) is 2.67. The van der Waals surface area contributed by atoms with Crippen molar-refractivity contribution >= 4 is 17.5 Å². The quantitative estimate of drug-likeness (QED) is 0.768. The molecule has 0 spiro atoms. The Balaban J connectivity index is 2.18. The molecule has 2 amide bonds. The summed E-state index contributed by atoms with van der Waals surface area (Å²) in [6.45, 7) is 9.66. The van der Waals surface area contributed by atoms with Gasteiger partial charge in [0.25, 0.3) is 11.8 Å². The van der Waals surface area contributed by atoms with E-state index >= 15 is 0 Å². The van der Waals surface area contributed by atoms with Crippen molar-refractivity contribution in [1.82, 2.24) is 5.32 Å². The maximum Gasteiger partial charge on any atom is 0.265 e. The number of aryl methyl sites for hydroxylation is 1. The Morgan fingerprint density at radius 3 is 2.41 bits per heavy atom. The first-order valence-electron chi connectivity index (χ1n) is 9.27. The van der Waals surface area contributed by atoms with Crippen LogP contribution >= 0.6 is 0 Å². The van der Waals surface area contributed by atoms with Crippen LogP contribution in [0.15, 0.2) is 42.5 Å². The summed E-state index contributed by atoms with van der Waals surface area (Å²) in [6.07, 6.45) is -0.133. The SMILES string of the molecule is CC[C@@H](Oc1cccc(C)c1C)C(=O)Nc1ccccc1C(=O)NC(C)C. The molecule has 144 valence electrons. The second-order valence-corrected chi connectivity index (χ2v) is 6.88. The second-order valence-electron chi connectivity index (χ2n) is 6.88. The van der Waals surface area contributed by atoms with E-state index in [2.05, 4.69) is 10.6 Å². The molecule has 2 N–H and O–H groups in total. The number of carbonyl (C=O) groups is 2. The third kappa shape index (κ3) is 5.33. The second kappa shape index (κ2) is 9.21. The van der Waals surface area contributed by atoms with Crippen LogP contribution in [0.3, 0.4) is 0 Å². The van der Waals surface area contributed by atoms with Crippen molar-refractivity contribution < 1.29 is 14.3 Å². The number of benzene rings is 2. The molecular formula is C22H28N2O3. The Morgan fingerprint density at radius 2 is 1.74 bits per heavy atom. The van der Waals surface area contributed by atoms with Gasteiger partial charge in [-0.15, -0.1) is 0 Å². The Hall–Kier alpha value is -2.82. The number of ether oxygens (including phenoxy) is 1. The lowest BCUT2D eigenvalue weighted by Crippen LogP contribution is -2.34. The highest BCUT2D eigenvalue weighted by molar-refractivity contribution is 6.04. The highest BCUT2D eigenvalue weighted by Gasteiger charge is 2.22. The lowest BCUT2D eigenvalue weighted by Gasteiger charge is -2.20. The summed E-state index contributed by atoms with van der Waals surface area (Å²) in [5, 5.41) is 5.69. The predicted molar refractivity (Wildman–Crippen MR) is 108 cm³/mol. The van der Waals surface area contributed by atoms with Crippen molar-refractivity contribution in [2.75, 3.05) is 5.32 Å². The summed E-state index contributed by atoms with van der Waals surface area (Å²) in [4.78, 5) is 25.1. The van der Waals surface area contributed by atoms with Gasteiger partial charge in [0.2, 0.25) is 0 Å². The number of para-hydroxylation sites is 1. The molecule has 0 heterocycles. The monoisotopic (exact) mass is 368 g/mol. The summed E-state index contributed by atoms with van der Waals surface area (Å²) in [6, 6.07) is 12.8. The van der Waals surface area contributed by atoms with E-state index in [1.165, 1.54) is 0 Å². The van der Waals surface area contributed by atoms with E-state index in [1.54, 1.807) is 24.3 Å². The van der Waals surface area contributed by atoms with Gasteiger partial charge in [0.15, 0.2) is 6.10 Å². The minimum atomic E-state index is -0.647. The minimum absolute atomic E-state index is 0.0114. The summed E-state index contributed by atoms with van der Waals surface area (Å²) in [5.74, 6) is 0.204. The lowest BCUT2D eigenvalue weighted by atomic mass is 10.1. The van der Waals surface area contributed by atoms with Crippen LogP contribution in [0.25, 0.3) is 0 Å². The van der Waals surface area contributed by atoms with Crippen LogP contribution in [-0.4, -0.2) is 24.0 Å². The highest BCUT2D eigenvalue weighted by Crippen LogP contribution is 2.23. The van der Waals surface area contributed by atoms with E-state index < -0.39 is 6.10 Å². The molecule has 5 heteroatoms. The molecule has 27 heavy (non-hydrogen) atoms.